The number of morpholine rings is 1. The second kappa shape index (κ2) is 5.23. The molecule has 3 atom stereocenters. The Morgan fingerprint density at radius 2 is 2.04 bits per heavy atom. The molecule has 0 aliphatic carbocycles. The summed E-state index contributed by atoms with van der Waals surface area (Å²) in [6, 6.07) is 7.68. The maximum Gasteiger partial charge on any atom is 0.236 e. The number of fused-ring (bicyclic) bond motifs is 4. The number of piperidine rings is 1. The van der Waals surface area contributed by atoms with Crippen LogP contribution in [0.5, 0.6) is 5.75 Å². The van der Waals surface area contributed by atoms with Gasteiger partial charge in [0, 0.05) is 25.4 Å². The van der Waals surface area contributed by atoms with Gasteiger partial charge in [-0.3, -0.25) is 9.59 Å². The standard InChI is InChI=1S/C17H20N2O4/c1-17-10-12(11-4-2-3-5-13(11)23-17)14(15(20)18-17)16(21)19-6-8-22-9-7-19/h2-5,12,14H,6-10H2,1H3,(H,18,20)/t12-,14+,17-/m1/s1. The maximum absolute atomic E-state index is 12.9. The molecular formula is C17H20N2O4. The predicted molar refractivity (Wildman–Crippen MR) is 81.9 cm³/mol. The average Bonchev–Trinajstić information content (AvgIpc) is 2.54. The summed E-state index contributed by atoms with van der Waals surface area (Å²) in [5.41, 5.74) is 0.212. The fourth-order valence-electron chi connectivity index (χ4n) is 3.85. The smallest absolute Gasteiger partial charge is 0.236 e. The van der Waals surface area contributed by atoms with Crippen LogP contribution in [0.3, 0.4) is 0 Å². The molecule has 0 spiro atoms. The first-order chi connectivity index (χ1) is 11.1. The van der Waals surface area contributed by atoms with E-state index in [1.165, 1.54) is 0 Å². The van der Waals surface area contributed by atoms with Crippen molar-refractivity contribution in [3.8, 4) is 5.75 Å². The molecule has 2 saturated heterocycles. The molecule has 0 saturated carbocycles. The number of ether oxygens (including phenoxy) is 2. The summed E-state index contributed by atoms with van der Waals surface area (Å²) in [5, 5.41) is 2.90. The molecule has 4 rings (SSSR count). The van der Waals surface area contributed by atoms with Crippen LogP contribution in [0, 0.1) is 5.92 Å². The first kappa shape index (κ1) is 14.5. The molecule has 122 valence electrons. The number of nitrogens with zero attached hydrogens (tertiary/aromatic N) is 1. The van der Waals surface area contributed by atoms with E-state index in [2.05, 4.69) is 5.32 Å². The third kappa shape index (κ3) is 2.37. The number of benzene rings is 1. The summed E-state index contributed by atoms with van der Waals surface area (Å²) in [5.74, 6) is -0.421. The Balaban J connectivity index is 1.70. The van der Waals surface area contributed by atoms with Gasteiger partial charge in [0.25, 0.3) is 0 Å². The highest BCUT2D eigenvalue weighted by atomic mass is 16.5. The molecule has 6 nitrogen and oxygen atoms in total. The SMILES string of the molecule is C[C@]12C[C@H](c3ccccc3O1)[C@H](C(=O)N1CCOCC1)C(=O)N2. The van der Waals surface area contributed by atoms with Gasteiger partial charge in [-0.2, -0.15) is 0 Å². The highest BCUT2D eigenvalue weighted by molar-refractivity contribution is 6.02. The number of rotatable bonds is 1. The van der Waals surface area contributed by atoms with Gasteiger partial charge in [-0.15, -0.1) is 0 Å². The number of hydrogen-bond donors (Lipinski definition) is 1. The van der Waals surface area contributed by atoms with Crippen LogP contribution in [0.4, 0.5) is 0 Å². The molecule has 2 bridgehead atoms. The number of carbonyl (C=O) groups excluding carboxylic acids is 2. The summed E-state index contributed by atoms with van der Waals surface area (Å²) >= 11 is 0. The van der Waals surface area contributed by atoms with Crippen molar-refractivity contribution in [2.24, 2.45) is 5.92 Å². The van der Waals surface area contributed by atoms with Gasteiger partial charge in [-0.05, 0) is 18.6 Å². The fraction of sp³-hybridized carbons (Fsp3) is 0.529. The van der Waals surface area contributed by atoms with Crippen molar-refractivity contribution < 1.29 is 19.1 Å². The Morgan fingerprint density at radius 3 is 2.83 bits per heavy atom. The number of para-hydroxylation sites is 1. The van der Waals surface area contributed by atoms with E-state index in [4.69, 9.17) is 9.47 Å². The van der Waals surface area contributed by atoms with Crippen LogP contribution in [0.15, 0.2) is 24.3 Å². The topological polar surface area (TPSA) is 67.9 Å². The van der Waals surface area contributed by atoms with Gasteiger partial charge in [-0.25, -0.2) is 0 Å². The first-order valence-electron chi connectivity index (χ1n) is 8.04. The zero-order valence-corrected chi connectivity index (χ0v) is 13.1. The van der Waals surface area contributed by atoms with Crippen LogP contribution in [-0.2, 0) is 14.3 Å². The quantitative estimate of drug-likeness (QED) is 0.781. The Hall–Kier alpha value is -2.08. The lowest BCUT2D eigenvalue weighted by Crippen LogP contribution is -2.63. The van der Waals surface area contributed by atoms with E-state index >= 15 is 0 Å². The predicted octanol–water partition coefficient (Wildman–Crippen LogP) is 0.874. The molecule has 23 heavy (non-hydrogen) atoms. The van der Waals surface area contributed by atoms with Crippen molar-refractivity contribution in [3.63, 3.8) is 0 Å². The molecule has 3 aliphatic heterocycles. The average molecular weight is 316 g/mol. The van der Waals surface area contributed by atoms with Crippen LogP contribution in [0.1, 0.15) is 24.8 Å². The summed E-state index contributed by atoms with van der Waals surface area (Å²) in [6.45, 7) is 4.02. The van der Waals surface area contributed by atoms with Crippen LogP contribution in [-0.4, -0.2) is 48.7 Å². The van der Waals surface area contributed by atoms with E-state index in [0.717, 1.165) is 11.3 Å². The Morgan fingerprint density at radius 1 is 1.30 bits per heavy atom. The van der Waals surface area contributed by atoms with Crippen molar-refractivity contribution in [2.75, 3.05) is 26.3 Å². The van der Waals surface area contributed by atoms with Crippen molar-refractivity contribution in [3.05, 3.63) is 29.8 Å². The summed E-state index contributed by atoms with van der Waals surface area (Å²) in [7, 11) is 0. The third-order valence-electron chi connectivity index (χ3n) is 4.92. The van der Waals surface area contributed by atoms with Crippen LogP contribution < -0.4 is 10.1 Å². The lowest BCUT2D eigenvalue weighted by molar-refractivity contribution is -0.154. The second-order valence-electron chi connectivity index (χ2n) is 6.59. The Kier molecular flexibility index (Phi) is 3.30. The summed E-state index contributed by atoms with van der Waals surface area (Å²) in [4.78, 5) is 27.3. The monoisotopic (exact) mass is 316 g/mol. The van der Waals surface area contributed by atoms with Crippen LogP contribution in [0.25, 0.3) is 0 Å². The molecule has 1 aromatic carbocycles. The van der Waals surface area contributed by atoms with Crippen LogP contribution >= 0.6 is 0 Å². The molecule has 1 N–H and O–H groups in total. The number of hydrogen-bond acceptors (Lipinski definition) is 4. The molecule has 0 aromatic heterocycles. The largest absolute Gasteiger partial charge is 0.468 e. The van der Waals surface area contributed by atoms with E-state index in [1.807, 2.05) is 31.2 Å². The van der Waals surface area contributed by atoms with Gasteiger partial charge in [-0.1, -0.05) is 18.2 Å². The molecule has 2 amide bonds. The van der Waals surface area contributed by atoms with Gasteiger partial charge in [0.2, 0.25) is 11.8 Å². The van der Waals surface area contributed by atoms with E-state index in [0.29, 0.717) is 32.7 Å². The van der Waals surface area contributed by atoms with Crippen LogP contribution in [0.2, 0.25) is 0 Å². The Labute approximate surface area is 134 Å². The van der Waals surface area contributed by atoms with E-state index in [-0.39, 0.29) is 17.7 Å². The molecule has 0 unspecified atom stereocenters. The van der Waals surface area contributed by atoms with Gasteiger partial charge in [0.05, 0.1) is 13.2 Å². The lowest BCUT2D eigenvalue weighted by atomic mass is 9.74. The minimum atomic E-state index is -0.738. The maximum atomic E-state index is 12.9. The summed E-state index contributed by atoms with van der Waals surface area (Å²) < 4.78 is 11.3. The minimum absolute atomic E-state index is 0.102. The first-order valence-corrected chi connectivity index (χ1v) is 8.04. The molecule has 3 heterocycles. The Bertz CT molecular complexity index is 656. The molecule has 1 aromatic rings. The van der Waals surface area contributed by atoms with E-state index < -0.39 is 11.6 Å². The molecular weight excluding hydrogens is 296 g/mol. The van der Waals surface area contributed by atoms with Crippen molar-refractivity contribution in [1.82, 2.24) is 10.2 Å². The fourth-order valence-corrected chi connectivity index (χ4v) is 3.85. The zero-order valence-electron chi connectivity index (χ0n) is 13.1. The minimum Gasteiger partial charge on any atom is -0.468 e. The molecule has 6 heteroatoms. The number of carbonyl (C=O) groups is 2. The van der Waals surface area contributed by atoms with Gasteiger partial charge < -0.3 is 19.7 Å². The molecule has 0 radical (unpaired) electrons. The third-order valence-corrected chi connectivity index (χ3v) is 4.92. The highest BCUT2D eigenvalue weighted by Crippen LogP contribution is 2.46. The van der Waals surface area contributed by atoms with E-state index in [1.54, 1.807) is 4.90 Å². The lowest BCUT2D eigenvalue weighted by Gasteiger charge is -2.47. The van der Waals surface area contributed by atoms with Crippen molar-refractivity contribution in [1.29, 1.82) is 0 Å². The second-order valence-corrected chi connectivity index (χ2v) is 6.59. The highest BCUT2D eigenvalue weighted by Gasteiger charge is 2.52. The normalized spacial score (nSPS) is 32.6. The number of amides is 2. The van der Waals surface area contributed by atoms with Crippen molar-refractivity contribution in [2.45, 2.75) is 25.0 Å². The van der Waals surface area contributed by atoms with Crippen molar-refractivity contribution >= 4 is 11.8 Å². The van der Waals surface area contributed by atoms with Gasteiger partial charge in [0.1, 0.15) is 11.7 Å². The molecule has 2 fully saturated rings. The molecule has 3 aliphatic rings. The zero-order chi connectivity index (χ0) is 16.0. The van der Waals surface area contributed by atoms with Gasteiger partial charge in [0.15, 0.2) is 5.72 Å². The van der Waals surface area contributed by atoms with Gasteiger partial charge >= 0.3 is 0 Å². The van der Waals surface area contributed by atoms with E-state index in [9.17, 15) is 9.59 Å². The summed E-state index contributed by atoms with van der Waals surface area (Å²) in [6.07, 6.45) is 0.608. The number of nitrogens with one attached hydrogen (secondary N) is 1.